The predicted octanol–water partition coefficient (Wildman–Crippen LogP) is 2.89. The zero-order chi connectivity index (χ0) is 8.10. The Morgan fingerprint density at radius 2 is 2.45 bits per heavy atom. The van der Waals surface area contributed by atoms with Crippen molar-refractivity contribution in [2.45, 2.75) is 20.3 Å². The molecule has 0 aromatic carbocycles. The van der Waals surface area contributed by atoms with Gasteiger partial charge in [0.1, 0.15) is 0 Å². The highest BCUT2D eigenvalue weighted by molar-refractivity contribution is 5.63. The number of nitrogens with zero attached hydrogens (tertiary/aromatic N) is 1. The molecule has 0 atom stereocenters. The first-order chi connectivity index (χ1) is 5.38. The zero-order valence-corrected chi connectivity index (χ0v) is 7.04. The van der Waals surface area contributed by atoms with Gasteiger partial charge in [-0.1, -0.05) is 19.1 Å². The van der Waals surface area contributed by atoms with E-state index >= 15 is 0 Å². The lowest BCUT2D eigenvalue weighted by molar-refractivity contribution is 1.21. The van der Waals surface area contributed by atoms with E-state index in [9.17, 15) is 0 Å². The molecular formula is C10H13N. The van der Waals surface area contributed by atoms with Crippen LogP contribution in [0.3, 0.4) is 0 Å². The molecule has 0 radical (unpaired) electrons. The van der Waals surface area contributed by atoms with Crippen molar-refractivity contribution in [1.82, 2.24) is 4.98 Å². The van der Waals surface area contributed by atoms with Gasteiger partial charge >= 0.3 is 0 Å². The summed E-state index contributed by atoms with van der Waals surface area (Å²) >= 11 is 0. The molecule has 0 saturated carbocycles. The van der Waals surface area contributed by atoms with Gasteiger partial charge in [-0.3, -0.25) is 4.98 Å². The number of aromatic nitrogens is 1. The highest BCUT2D eigenvalue weighted by Crippen LogP contribution is 2.15. The van der Waals surface area contributed by atoms with Crippen molar-refractivity contribution in [3.8, 4) is 0 Å². The Morgan fingerprint density at radius 3 is 2.91 bits per heavy atom. The quantitative estimate of drug-likeness (QED) is 0.626. The third-order valence-corrected chi connectivity index (χ3v) is 1.76. The van der Waals surface area contributed by atoms with Crippen LogP contribution in [0.25, 0.3) is 5.57 Å². The molecular weight excluding hydrogens is 134 g/mol. The van der Waals surface area contributed by atoms with E-state index in [1.165, 1.54) is 11.1 Å². The molecule has 0 saturated heterocycles. The van der Waals surface area contributed by atoms with Crippen LogP contribution >= 0.6 is 0 Å². The molecule has 1 aromatic rings. The molecule has 0 unspecified atom stereocenters. The first kappa shape index (κ1) is 7.99. The Kier molecular flexibility index (Phi) is 2.84. The third-order valence-electron chi connectivity index (χ3n) is 1.76. The van der Waals surface area contributed by atoms with Gasteiger partial charge in [0.15, 0.2) is 0 Å². The molecule has 0 aliphatic carbocycles. The fourth-order valence-corrected chi connectivity index (χ4v) is 1.13. The van der Waals surface area contributed by atoms with E-state index in [0.29, 0.717) is 0 Å². The van der Waals surface area contributed by atoms with Crippen molar-refractivity contribution in [2.75, 3.05) is 0 Å². The zero-order valence-electron chi connectivity index (χ0n) is 7.04. The summed E-state index contributed by atoms with van der Waals surface area (Å²) in [5, 5.41) is 0. The maximum absolute atomic E-state index is 4.06. The van der Waals surface area contributed by atoms with Crippen LogP contribution in [0.1, 0.15) is 25.8 Å². The van der Waals surface area contributed by atoms with Crippen LogP contribution in [-0.2, 0) is 0 Å². The molecule has 0 bridgehead atoms. The van der Waals surface area contributed by atoms with Crippen molar-refractivity contribution in [3.63, 3.8) is 0 Å². The van der Waals surface area contributed by atoms with Gasteiger partial charge in [-0.15, -0.1) is 0 Å². The summed E-state index contributed by atoms with van der Waals surface area (Å²) in [6.07, 6.45) is 6.91. The second-order valence-electron chi connectivity index (χ2n) is 2.41. The van der Waals surface area contributed by atoms with Gasteiger partial charge in [0, 0.05) is 12.4 Å². The number of allylic oxidation sites excluding steroid dienone is 2. The van der Waals surface area contributed by atoms with E-state index in [-0.39, 0.29) is 0 Å². The van der Waals surface area contributed by atoms with Gasteiger partial charge < -0.3 is 0 Å². The van der Waals surface area contributed by atoms with E-state index in [1.807, 2.05) is 12.3 Å². The number of pyridine rings is 1. The van der Waals surface area contributed by atoms with Crippen LogP contribution in [0, 0.1) is 0 Å². The lowest BCUT2D eigenvalue weighted by atomic mass is 10.1. The summed E-state index contributed by atoms with van der Waals surface area (Å²) in [4.78, 5) is 4.06. The Labute approximate surface area is 67.8 Å². The largest absolute Gasteiger partial charge is 0.264 e. The fraction of sp³-hybridized carbons (Fsp3) is 0.300. The lowest BCUT2D eigenvalue weighted by Gasteiger charge is -2.01. The molecule has 1 heteroatoms. The second kappa shape index (κ2) is 3.91. The van der Waals surface area contributed by atoms with E-state index in [2.05, 4.69) is 31.0 Å². The number of rotatable bonds is 2. The molecule has 0 spiro atoms. The molecule has 58 valence electrons. The molecule has 1 heterocycles. The molecule has 11 heavy (non-hydrogen) atoms. The van der Waals surface area contributed by atoms with E-state index in [4.69, 9.17) is 0 Å². The predicted molar refractivity (Wildman–Crippen MR) is 48.2 cm³/mol. The normalized spacial score (nSPS) is 11.6. The molecule has 1 rings (SSSR count). The van der Waals surface area contributed by atoms with Crippen LogP contribution in [0.2, 0.25) is 0 Å². The van der Waals surface area contributed by atoms with Crippen molar-refractivity contribution < 1.29 is 0 Å². The minimum Gasteiger partial charge on any atom is -0.264 e. The highest BCUT2D eigenvalue weighted by atomic mass is 14.6. The van der Waals surface area contributed by atoms with Gasteiger partial charge in [0.2, 0.25) is 0 Å². The van der Waals surface area contributed by atoms with Crippen molar-refractivity contribution >= 4 is 5.57 Å². The number of hydrogen-bond donors (Lipinski definition) is 0. The average Bonchev–Trinajstić information content (AvgIpc) is 2.09. The van der Waals surface area contributed by atoms with Crippen LogP contribution in [0.4, 0.5) is 0 Å². The van der Waals surface area contributed by atoms with Crippen LogP contribution < -0.4 is 0 Å². The molecule has 0 aliphatic heterocycles. The van der Waals surface area contributed by atoms with E-state index in [0.717, 1.165) is 6.42 Å². The van der Waals surface area contributed by atoms with Gasteiger partial charge in [0.05, 0.1) is 0 Å². The Morgan fingerprint density at radius 1 is 1.64 bits per heavy atom. The summed E-state index contributed by atoms with van der Waals surface area (Å²) in [7, 11) is 0. The van der Waals surface area contributed by atoms with E-state index in [1.54, 1.807) is 6.20 Å². The SMILES string of the molecule is C/C=C(\CC)c1cccnc1. The topological polar surface area (TPSA) is 12.9 Å². The van der Waals surface area contributed by atoms with Crippen molar-refractivity contribution in [2.24, 2.45) is 0 Å². The van der Waals surface area contributed by atoms with E-state index < -0.39 is 0 Å². The maximum atomic E-state index is 4.06. The first-order valence-electron chi connectivity index (χ1n) is 3.94. The molecule has 0 N–H and O–H groups in total. The minimum atomic E-state index is 1.07. The maximum Gasteiger partial charge on any atom is 0.0342 e. The summed E-state index contributed by atoms with van der Waals surface area (Å²) < 4.78 is 0. The summed E-state index contributed by atoms with van der Waals surface area (Å²) in [6, 6.07) is 4.06. The summed E-state index contributed by atoms with van der Waals surface area (Å²) in [6.45, 7) is 4.22. The lowest BCUT2D eigenvalue weighted by Crippen LogP contribution is -1.82. The molecule has 0 amide bonds. The Hall–Kier alpha value is -1.11. The summed E-state index contributed by atoms with van der Waals surface area (Å²) in [5.74, 6) is 0. The minimum absolute atomic E-state index is 1.07. The molecule has 1 nitrogen and oxygen atoms in total. The Bertz CT molecular complexity index is 236. The van der Waals surface area contributed by atoms with Crippen molar-refractivity contribution in [3.05, 3.63) is 36.2 Å². The van der Waals surface area contributed by atoms with Crippen molar-refractivity contribution in [1.29, 1.82) is 0 Å². The first-order valence-corrected chi connectivity index (χ1v) is 3.94. The van der Waals surface area contributed by atoms with Gasteiger partial charge in [-0.05, 0) is 30.5 Å². The average molecular weight is 147 g/mol. The highest BCUT2D eigenvalue weighted by Gasteiger charge is 1.94. The van der Waals surface area contributed by atoms with Crippen LogP contribution in [0.5, 0.6) is 0 Å². The second-order valence-corrected chi connectivity index (χ2v) is 2.41. The fourth-order valence-electron chi connectivity index (χ4n) is 1.13. The van der Waals surface area contributed by atoms with Gasteiger partial charge in [-0.2, -0.15) is 0 Å². The molecule has 0 aliphatic rings. The number of hydrogen-bond acceptors (Lipinski definition) is 1. The molecule has 0 fully saturated rings. The standard InChI is InChI=1S/C10H13N/c1-3-9(4-2)10-6-5-7-11-8-10/h3,5-8H,4H2,1-2H3/b9-3+. The third kappa shape index (κ3) is 1.90. The van der Waals surface area contributed by atoms with Crippen LogP contribution in [0.15, 0.2) is 30.6 Å². The smallest absolute Gasteiger partial charge is 0.0342 e. The Balaban J connectivity index is 2.92. The molecule has 1 aromatic heterocycles. The van der Waals surface area contributed by atoms with Crippen LogP contribution in [-0.4, -0.2) is 4.98 Å². The van der Waals surface area contributed by atoms with Gasteiger partial charge in [0.25, 0.3) is 0 Å². The summed E-state index contributed by atoms with van der Waals surface area (Å²) in [5.41, 5.74) is 2.59. The van der Waals surface area contributed by atoms with Gasteiger partial charge in [-0.25, -0.2) is 0 Å². The monoisotopic (exact) mass is 147 g/mol.